The summed E-state index contributed by atoms with van der Waals surface area (Å²) in [5.74, 6) is -1.87. The van der Waals surface area contributed by atoms with Gasteiger partial charge in [-0.3, -0.25) is 19.2 Å². The fourth-order valence-corrected chi connectivity index (χ4v) is 3.88. The molecular weight excluding hydrogens is 500 g/mol. The summed E-state index contributed by atoms with van der Waals surface area (Å²) in [6.45, 7) is 7.32. The van der Waals surface area contributed by atoms with E-state index in [9.17, 15) is 19.2 Å². The Labute approximate surface area is 222 Å². The van der Waals surface area contributed by atoms with Crippen LogP contribution in [0.3, 0.4) is 0 Å². The Morgan fingerprint density at radius 1 is 0.895 bits per heavy atom. The van der Waals surface area contributed by atoms with Crippen LogP contribution in [0.4, 0.5) is 0 Å². The molecule has 12 heteroatoms. The van der Waals surface area contributed by atoms with E-state index in [4.69, 9.17) is 28.4 Å². The number of rotatable bonds is 15. The first-order valence-electron chi connectivity index (χ1n) is 12.5. The lowest BCUT2D eigenvalue weighted by Gasteiger charge is -2.44. The number of hydrogen-bond acceptors (Lipinski definition) is 10. The van der Waals surface area contributed by atoms with Gasteiger partial charge in [-0.1, -0.05) is 25.1 Å². The summed E-state index contributed by atoms with van der Waals surface area (Å²) in [7, 11) is 0. The average Bonchev–Trinajstić information content (AvgIpc) is 2.87. The fourth-order valence-electron chi connectivity index (χ4n) is 3.88. The average molecular weight is 539 g/mol. The quantitative estimate of drug-likeness (QED) is 0.243. The Kier molecular flexibility index (Phi) is 13.7. The number of carbonyl (C=O) groups excluding carboxylic acids is 4. The second-order valence-electron chi connectivity index (χ2n) is 8.72. The standard InChI is InChI=1S/C26H38N2O10/c1-17-23(28-18(2)29)26(38-22(16-36-19(3)30)24(17)37-20(4)31)35-15-14-34-13-12-33-11-10-27-25(32)21-8-6-5-7-9-21/h5-9,17,22-24,26H,10-16H2,1-4H3,(H,27,32)(H,28,29)/t17-,22?,23?,24-,26-/m1/s1. The summed E-state index contributed by atoms with van der Waals surface area (Å²) < 4.78 is 33.3. The summed E-state index contributed by atoms with van der Waals surface area (Å²) in [6, 6.07) is 8.31. The molecule has 2 unspecified atom stereocenters. The predicted octanol–water partition coefficient (Wildman–Crippen LogP) is 0.827. The van der Waals surface area contributed by atoms with Crippen LogP contribution < -0.4 is 10.6 Å². The fraction of sp³-hybridized carbons (Fsp3) is 0.615. The molecule has 1 aromatic rings. The Balaban J connectivity index is 1.72. The third-order valence-corrected chi connectivity index (χ3v) is 5.63. The van der Waals surface area contributed by atoms with Crippen molar-refractivity contribution >= 4 is 23.8 Å². The molecule has 212 valence electrons. The minimum atomic E-state index is -0.880. The second kappa shape index (κ2) is 16.7. The van der Waals surface area contributed by atoms with Crippen LogP contribution in [0, 0.1) is 5.92 Å². The van der Waals surface area contributed by atoms with E-state index in [-0.39, 0.29) is 37.6 Å². The highest BCUT2D eigenvalue weighted by Crippen LogP contribution is 2.29. The van der Waals surface area contributed by atoms with Crippen LogP contribution in [0.25, 0.3) is 0 Å². The molecule has 0 aliphatic carbocycles. The molecule has 2 amide bonds. The molecule has 1 heterocycles. The Hall–Kier alpha value is -3.06. The van der Waals surface area contributed by atoms with Crippen LogP contribution in [0.1, 0.15) is 38.1 Å². The number of carbonyl (C=O) groups is 4. The maximum absolute atomic E-state index is 12.0. The number of hydrogen-bond donors (Lipinski definition) is 2. The van der Waals surface area contributed by atoms with E-state index in [1.54, 1.807) is 31.2 Å². The van der Waals surface area contributed by atoms with Crippen LogP contribution in [0.15, 0.2) is 30.3 Å². The van der Waals surface area contributed by atoms with E-state index >= 15 is 0 Å². The molecule has 1 aliphatic rings. The Bertz CT molecular complexity index is 895. The van der Waals surface area contributed by atoms with Crippen LogP contribution >= 0.6 is 0 Å². The molecule has 2 rings (SSSR count). The van der Waals surface area contributed by atoms with Crippen LogP contribution in [-0.4, -0.2) is 94.5 Å². The Morgan fingerprint density at radius 3 is 2.18 bits per heavy atom. The van der Waals surface area contributed by atoms with Crippen molar-refractivity contribution < 1.29 is 47.6 Å². The number of esters is 2. The van der Waals surface area contributed by atoms with Gasteiger partial charge in [-0.25, -0.2) is 0 Å². The van der Waals surface area contributed by atoms with Crippen molar-refractivity contribution in [1.82, 2.24) is 10.6 Å². The smallest absolute Gasteiger partial charge is 0.303 e. The molecular formula is C26H38N2O10. The van der Waals surface area contributed by atoms with Crippen molar-refractivity contribution in [2.75, 3.05) is 46.2 Å². The van der Waals surface area contributed by atoms with E-state index < -0.39 is 36.5 Å². The first kappa shape index (κ1) is 31.2. The van der Waals surface area contributed by atoms with E-state index in [0.29, 0.717) is 31.9 Å². The summed E-state index contributed by atoms with van der Waals surface area (Å²) in [4.78, 5) is 46.7. The molecule has 0 spiro atoms. The highest BCUT2D eigenvalue weighted by atomic mass is 16.7. The van der Waals surface area contributed by atoms with E-state index in [1.165, 1.54) is 20.8 Å². The van der Waals surface area contributed by atoms with Gasteiger partial charge in [-0.05, 0) is 12.1 Å². The van der Waals surface area contributed by atoms with Gasteiger partial charge in [0, 0.05) is 38.8 Å². The van der Waals surface area contributed by atoms with Gasteiger partial charge < -0.3 is 39.1 Å². The highest BCUT2D eigenvalue weighted by molar-refractivity contribution is 5.94. The normalized spacial score (nSPS) is 22.8. The van der Waals surface area contributed by atoms with Crippen molar-refractivity contribution in [3.05, 3.63) is 35.9 Å². The van der Waals surface area contributed by atoms with Gasteiger partial charge in [0.15, 0.2) is 6.29 Å². The van der Waals surface area contributed by atoms with Gasteiger partial charge >= 0.3 is 11.9 Å². The second-order valence-corrected chi connectivity index (χ2v) is 8.72. The number of amides is 2. The molecule has 0 aromatic heterocycles. The number of benzene rings is 1. The third-order valence-electron chi connectivity index (χ3n) is 5.63. The maximum Gasteiger partial charge on any atom is 0.303 e. The summed E-state index contributed by atoms with van der Waals surface area (Å²) in [5, 5.41) is 5.57. The van der Waals surface area contributed by atoms with Crippen molar-refractivity contribution in [2.45, 2.75) is 52.2 Å². The topological polar surface area (TPSA) is 148 Å². The molecule has 0 saturated carbocycles. The first-order valence-corrected chi connectivity index (χ1v) is 12.5. The van der Waals surface area contributed by atoms with Crippen LogP contribution in [0.5, 0.6) is 0 Å². The summed E-state index contributed by atoms with van der Waals surface area (Å²) in [5.41, 5.74) is 0.590. The number of ether oxygens (including phenoxy) is 6. The minimum Gasteiger partial charge on any atom is -0.463 e. The van der Waals surface area contributed by atoms with E-state index in [1.807, 2.05) is 6.07 Å². The van der Waals surface area contributed by atoms with Gasteiger partial charge in [0.05, 0.1) is 39.1 Å². The highest BCUT2D eigenvalue weighted by Gasteiger charge is 2.47. The third kappa shape index (κ3) is 11.1. The first-order chi connectivity index (χ1) is 18.2. The molecule has 0 bridgehead atoms. The van der Waals surface area contributed by atoms with Gasteiger partial charge in [0.2, 0.25) is 5.91 Å². The van der Waals surface area contributed by atoms with Crippen molar-refractivity contribution in [2.24, 2.45) is 5.92 Å². The monoisotopic (exact) mass is 538 g/mol. The van der Waals surface area contributed by atoms with Crippen molar-refractivity contribution in [3.63, 3.8) is 0 Å². The Morgan fingerprint density at radius 2 is 1.55 bits per heavy atom. The lowest BCUT2D eigenvalue weighted by Crippen LogP contribution is -2.62. The minimum absolute atomic E-state index is 0.135. The predicted molar refractivity (Wildman–Crippen MR) is 134 cm³/mol. The molecule has 5 atom stereocenters. The van der Waals surface area contributed by atoms with Crippen LogP contribution in [-0.2, 0) is 42.8 Å². The van der Waals surface area contributed by atoms with Crippen molar-refractivity contribution in [3.8, 4) is 0 Å². The zero-order valence-corrected chi connectivity index (χ0v) is 22.3. The zero-order valence-electron chi connectivity index (χ0n) is 22.3. The molecule has 12 nitrogen and oxygen atoms in total. The van der Waals surface area contributed by atoms with Gasteiger partial charge in [-0.15, -0.1) is 0 Å². The molecule has 2 N–H and O–H groups in total. The molecule has 1 aromatic carbocycles. The molecule has 1 fully saturated rings. The lowest BCUT2D eigenvalue weighted by atomic mass is 9.88. The van der Waals surface area contributed by atoms with Crippen LogP contribution in [0.2, 0.25) is 0 Å². The number of nitrogens with one attached hydrogen (secondary N) is 2. The van der Waals surface area contributed by atoms with Gasteiger partial charge in [0.1, 0.15) is 18.8 Å². The molecule has 0 radical (unpaired) electrons. The molecule has 1 aliphatic heterocycles. The van der Waals surface area contributed by atoms with Crippen molar-refractivity contribution in [1.29, 1.82) is 0 Å². The maximum atomic E-state index is 12.0. The largest absolute Gasteiger partial charge is 0.463 e. The van der Waals surface area contributed by atoms with Gasteiger partial charge in [-0.2, -0.15) is 0 Å². The SMILES string of the molecule is CC(=O)NC1[C@H](OCCOCCOCCNC(=O)c2ccccc2)OC(COC(C)=O)[C@H](OC(C)=O)[C@@H]1C. The summed E-state index contributed by atoms with van der Waals surface area (Å²) in [6.07, 6.45) is -2.41. The molecule has 1 saturated heterocycles. The van der Waals surface area contributed by atoms with E-state index in [0.717, 1.165) is 0 Å². The zero-order chi connectivity index (χ0) is 27.9. The molecule has 38 heavy (non-hydrogen) atoms. The summed E-state index contributed by atoms with van der Waals surface area (Å²) >= 11 is 0. The van der Waals surface area contributed by atoms with Gasteiger partial charge in [0.25, 0.3) is 5.91 Å². The lowest BCUT2D eigenvalue weighted by molar-refractivity contribution is -0.264. The van der Waals surface area contributed by atoms with E-state index in [2.05, 4.69) is 10.6 Å².